The molecule has 1 N–H and O–H groups in total. The fourth-order valence-electron chi connectivity index (χ4n) is 2.94. The summed E-state index contributed by atoms with van der Waals surface area (Å²) in [5, 5.41) is 15.1. The van der Waals surface area contributed by atoms with Crippen LogP contribution in [0.5, 0.6) is 0 Å². The number of hydrogen-bond donors (Lipinski definition) is 1. The van der Waals surface area contributed by atoms with E-state index in [1.54, 1.807) is 17.4 Å². The molecule has 2 heterocycles. The van der Waals surface area contributed by atoms with Crippen LogP contribution in [0.1, 0.15) is 0 Å². The Morgan fingerprint density at radius 1 is 1.30 bits per heavy atom. The van der Waals surface area contributed by atoms with Crippen LogP contribution in [0.3, 0.4) is 0 Å². The second-order valence-electron chi connectivity index (χ2n) is 6.32. The van der Waals surface area contributed by atoms with Gasteiger partial charge in [-0.05, 0) is 24.3 Å². The lowest BCUT2D eigenvalue weighted by molar-refractivity contribution is -0.113. The second-order valence-corrected chi connectivity index (χ2v) is 8.58. The molecule has 0 spiro atoms. The Bertz CT molecular complexity index is 1240. The summed E-state index contributed by atoms with van der Waals surface area (Å²) in [6.45, 7) is 4.34. The molecule has 0 aliphatic heterocycles. The SMILES string of the molecule is C=CCn1c(SCC(=O)Nc2ccc(F)c(Cl)c2)nnc1-c1csc2ccccc12. The minimum atomic E-state index is -0.532. The molecular formula is C21H16ClFN4OS2. The maximum Gasteiger partial charge on any atom is 0.234 e. The van der Waals surface area contributed by atoms with Crippen molar-refractivity contribution in [1.29, 1.82) is 0 Å². The lowest BCUT2D eigenvalue weighted by Crippen LogP contribution is -2.14. The van der Waals surface area contributed by atoms with Crippen LogP contribution in [0, 0.1) is 5.82 Å². The number of benzene rings is 2. The fourth-order valence-corrected chi connectivity index (χ4v) is 4.81. The molecule has 1 amide bonds. The van der Waals surface area contributed by atoms with Gasteiger partial charge in [-0.2, -0.15) is 0 Å². The van der Waals surface area contributed by atoms with E-state index in [-0.39, 0.29) is 16.7 Å². The molecule has 0 aliphatic carbocycles. The first-order chi connectivity index (χ1) is 14.6. The Balaban J connectivity index is 1.52. The molecule has 4 rings (SSSR count). The van der Waals surface area contributed by atoms with Crippen LogP contribution in [0.25, 0.3) is 21.5 Å². The van der Waals surface area contributed by atoms with E-state index in [2.05, 4.69) is 39.6 Å². The molecule has 2 aromatic carbocycles. The molecule has 4 aromatic rings. The van der Waals surface area contributed by atoms with E-state index < -0.39 is 5.82 Å². The molecule has 0 atom stereocenters. The molecule has 152 valence electrons. The number of thioether (sulfide) groups is 1. The molecule has 0 fully saturated rings. The van der Waals surface area contributed by atoms with Crippen molar-refractivity contribution in [2.75, 3.05) is 11.1 Å². The number of nitrogens with one attached hydrogen (secondary N) is 1. The zero-order chi connectivity index (χ0) is 21.1. The van der Waals surface area contributed by atoms with Gasteiger partial charge >= 0.3 is 0 Å². The van der Waals surface area contributed by atoms with Gasteiger partial charge in [0.15, 0.2) is 11.0 Å². The zero-order valence-corrected chi connectivity index (χ0v) is 18.0. The highest BCUT2D eigenvalue weighted by atomic mass is 35.5. The summed E-state index contributed by atoms with van der Waals surface area (Å²) in [6, 6.07) is 12.2. The van der Waals surface area contributed by atoms with Crippen LogP contribution in [-0.4, -0.2) is 26.4 Å². The van der Waals surface area contributed by atoms with Gasteiger partial charge in [-0.15, -0.1) is 28.1 Å². The van der Waals surface area contributed by atoms with Gasteiger partial charge in [0.2, 0.25) is 5.91 Å². The maximum atomic E-state index is 13.3. The van der Waals surface area contributed by atoms with Gasteiger partial charge in [0.1, 0.15) is 5.82 Å². The van der Waals surface area contributed by atoms with Crippen molar-refractivity contribution in [3.05, 3.63) is 71.3 Å². The Morgan fingerprint density at radius 3 is 2.93 bits per heavy atom. The minimum absolute atomic E-state index is 0.0428. The van der Waals surface area contributed by atoms with Crippen molar-refractivity contribution in [3.63, 3.8) is 0 Å². The van der Waals surface area contributed by atoms with Crippen LogP contribution in [0.4, 0.5) is 10.1 Å². The molecule has 5 nitrogen and oxygen atoms in total. The number of carbonyl (C=O) groups is 1. The maximum absolute atomic E-state index is 13.3. The van der Waals surface area contributed by atoms with E-state index in [0.29, 0.717) is 17.4 Å². The first-order valence-corrected chi connectivity index (χ1v) is 11.2. The number of rotatable bonds is 7. The van der Waals surface area contributed by atoms with Crippen molar-refractivity contribution >= 4 is 56.4 Å². The molecule has 9 heteroatoms. The number of halogens is 2. The summed E-state index contributed by atoms with van der Waals surface area (Å²) >= 11 is 8.68. The van der Waals surface area contributed by atoms with E-state index in [1.165, 1.54) is 34.7 Å². The number of carbonyl (C=O) groups excluding carboxylic acids is 1. The number of fused-ring (bicyclic) bond motifs is 1. The minimum Gasteiger partial charge on any atom is -0.325 e. The number of anilines is 1. The summed E-state index contributed by atoms with van der Waals surface area (Å²) in [4.78, 5) is 12.3. The highest BCUT2D eigenvalue weighted by molar-refractivity contribution is 7.99. The number of allylic oxidation sites excluding steroid dienone is 1. The van der Waals surface area contributed by atoms with Gasteiger partial charge < -0.3 is 5.32 Å². The standard InChI is InChI=1S/C21H16ClFN4OS2/c1-2-9-27-20(15-11-29-18-6-4-3-5-14(15)18)25-26-21(27)30-12-19(28)24-13-7-8-17(23)16(22)10-13/h2-8,10-11H,1,9,12H2,(H,24,28). The first-order valence-electron chi connectivity index (χ1n) is 8.95. The predicted octanol–water partition coefficient (Wildman–Crippen LogP) is 5.87. The van der Waals surface area contributed by atoms with Gasteiger partial charge in [-0.25, -0.2) is 4.39 Å². The van der Waals surface area contributed by atoms with Gasteiger partial charge in [0.25, 0.3) is 0 Å². The van der Waals surface area contributed by atoms with E-state index in [0.717, 1.165) is 16.8 Å². The van der Waals surface area contributed by atoms with Crippen molar-refractivity contribution in [2.45, 2.75) is 11.7 Å². The van der Waals surface area contributed by atoms with Gasteiger partial charge in [-0.1, -0.05) is 47.6 Å². The summed E-state index contributed by atoms with van der Waals surface area (Å²) in [5.74, 6) is 0.0725. The molecule has 0 unspecified atom stereocenters. The molecular weight excluding hydrogens is 443 g/mol. The second kappa shape index (κ2) is 8.99. The smallest absolute Gasteiger partial charge is 0.234 e. The largest absolute Gasteiger partial charge is 0.325 e. The van der Waals surface area contributed by atoms with Crippen LogP contribution >= 0.6 is 34.7 Å². The third-order valence-electron chi connectivity index (χ3n) is 4.29. The number of nitrogens with zero attached hydrogens (tertiary/aromatic N) is 3. The highest BCUT2D eigenvalue weighted by Gasteiger charge is 2.18. The Kier molecular flexibility index (Phi) is 6.17. The molecule has 30 heavy (non-hydrogen) atoms. The van der Waals surface area contributed by atoms with Crippen molar-refractivity contribution in [2.24, 2.45) is 0 Å². The van der Waals surface area contributed by atoms with Crippen LogP contribution in [-0.2, 0) is 11.3 Å². The Morgan fingerprint density at radius 2 is 2.13 bits per heavy atom. The summed E-state index contributed by atoms with van der Waals surface area (Å²) in [5.41, 5.74) is 1.44. The van der Waals surface area contributed by atoms with Crippen molar-refractivity contribution in [3.8, 4) is 11.4 Å². The van der Waals surface area contributed by atoms with Crippen LogP contribution < -0.4 is 5.32 Å². The monoisotopic (exact) mass is 458 g/mol. The van der Waals surface area contributed by atoms with E-state index in [1.807, 2.05) is 16.7 Å². The van der Waals surface area contributed by atoms with Gasteiger partial charge in [-0.3, -0.25) is 9.36 Å². The molecule has 0 aliphatic rings. The Hall–Kier alpha value is -2.68. The number of thiophene rings is 1. The summed E-state index contributed by atoms with van der Waals surface area (Å²) < 4.78 is 16.4. The number of amides is 1. The number of hydrogen-bond acceptors (Lipinski definition) is 5. The molecule has 0 radical (unpaired) electrons. The lowest BCUT2D eigenvalue weighted by atomic mass is 10.1. The third-order valence-corrected chi connectivity index (χ3v) is 6.51. The topological polar surface area (TPSA) is 59.8 Å². The Labute approximate surface area is 185 Å². The zero-order valence-electron chi connectivity index (χ0n) is 15.6. The summed E-state index contributed by atoms with van der Waals surface area (Å²) in [6.07, 6.45) is 1.77. The van der Waals surface area contributed by atoms with Gasteiger partial charge in [0.05, 0.1) is 10.8 Å². The third kappa shape index (κ3) is 4.26. The molecule has 0 bridgehead atoms. The molecule has 0 saturated carbocycles. The van der Waals surface area contributed by atoms with E-state index >= 15 is 0 Å². The summed E-state index contributed by atoms with van der Waals surface area (Å²) in [7, 11) is 0. The first kappa shape index (κ1) is 20.6. The average Bonchev–Trinajstić information content (AvgIpc) is 3.33. The predicted molar refractivity (Wildman–Crippen MR) is 122 cm³/mol. The lowest BCUT2D eigenvalue weighted by Gasteiger charge is -2.08. The fraction of sp³-hybridized carbons (Fsp3) is 0.0952. The normalized spacial score (nSPS) is 11.0. The van der Waals surface area contributed by atoms with Crippen molar-refractivity contribution in [1.82, 2.24) is 14.8 Å². The number of aromatic nitrogens is 3. The van der Waals surface area contributed by atoms with Crippen LogP contribution in [0.2, 0.25) is 5.02 Å². The quantitative estimate of drug-likeness (QED) is 0.278. The van der Waals surface area contributed by atoms with Crippen molar-refractivity contribution < 1.29 is 9.18 Å². The van der Waals surface area contributed by atoms with E-state index in [4.69, 9.17) is 11.6 Å². The average molecular weight is 459 g/mol. The van der Waals surface area contributed by atoms with Crippen LogP contribution in [0.15, 0.2) is 65.7 Å². The molecule has 2 aromatic heterocycles. The van der Waals surface area contributed by atoms with E-state index in [9.17, 15) is 9.18 Å². The highest BCUT2D eigenvalue weighted by Crippen LogP contribution is 2.34. The van der Waals surface area contributed by atoms with Gasteiger partial charge in [0, 0.05) is 33.3 Å². The molecule has 0 saturated heterocycles.